The number of amides is 1. The van der Waals surface area contributed by atoms with Gasteiger partial charge in [0.2, 0.25) is 5.91 Å². The lowest BCUT2D eigenvalue weighted by Crippen LogP contribution is -2.49. The molecule has 4 aromatic rings. The number of carbonyl (C=O) groups is 1. The summed E-state index contributed by atoms with van der Waals surface area (Å²) in [7, 11) is 0. The largest absolute Gasteiger partial charge is 0.457 e. The van der Waals surface area contributed by atoms with Gasteiger partial charge in [-0.25, -0.2) is 0 Å². The molecule has 3 aromatic carbocycles. The highest BCUT2D eigenvalue weighted by molar-refractivity contribution is 5.74. The zero-order valence-electron chi connectivity index (χ0n) is 24.4. The lowest BCUT2D eigenvalue weighted by Gasteiger charge is -2.37. The number of benzene rings is 3. The van der Waals surface area contributed by atoms with Gasteiger partial charge < -0.3 is 19.6 Å². The van der Waals surface area contributed by atoms with Crippen molar-refractivity contribution < 1.29 is 14.6 Å². The summed E-state index contributed by atoms with van der Waals surface area (Å²) in [5.74, 6) is 1.56. The summed E-state index contributed by atoms with van der Waals surface area (Å²) >= 11 is 0. The number of hydrogen-bond donors (Lipinski definition) is 1. The average molecular weight is 577 g/mol. The molecule has 0 bridgehead atoms. The molecule has 6 rings (SSSR count). The molecule has 1 aromatic heterocycles. The number of aliphatic hydroxyl groups is 1. The maximum absolute atomic E-state index is 12.2. The topological polar surface area (TPSA) is 97.9 Å². The minimum Gasteiger partial charge on any atom is -0.457 e. The normalized spacial score (nSPS) is 15.9. The van der Waals surface area contributed by atoms with Gasteiger partial charge in [0, 0.05) is 76.0 Å². The van der Waals surface area contributed by atoms with Crippen molar-refractivity contribution >= 4 is 11.6 Å². The molecule has 9 heteroatoms. The Kier molecular flexibility index (Phi) is 8.40. The molecule has 0 radical (unpaired) electrons. The molecule has 2 aliphatic rings. The molecule has 1 saturated heterocycles. The lowest BCUT2D eigenvalue weighted by molar-refractivity contribution is -0.129. The second-order valence-corrected chi connectivity index (χ2v) is 11.2. The third-order valence-corrected chi connectivity index (χ3v) is 8.28. The number of rotatable bonds is 8. The summed E-state index contributed by atoms with van der Waals surface area (Å²) in [6, 6.07) is 27.5. The summed E-state index contributed by atoms with van der Waals surface area (Å²) in [4.78, 5) is 18.6. The van der Waals surface area contributed by atoms with Crippen molar-refractivity contribution in [1.29, 1.82) is 5.26 Å². The molecule has 43 heavy (non-hydrogen) atoms. The van der Waals surface area contributed by atoms with Gasteiger partial charge in [-0.3, -0.25) is 14.4 Å². The molecule has 1 amide bonds. The first-order chi connectivity index (χ1) is 21.0. The highest BCUT2D eigenvalue weighted by atomic mass is 16.5. The zero-order valence-corrected chi connectivity index (χ0v) is 24.4. The summed E-state index contributed by atoms with van der Waals surface area (Å²) in [6.45, 7) is 6.90. The number of hydrogen-bond acceptors (Lipinski definition) is 7. The van der Waals surface area contributed by atoms with Crippen LogP contribution >= 0.6 is 0 Å². The molecule has 1 N–H and O–H groups in total. The average Bonchev–Trinajstić information content (AvgIpc) is 3.39. The highest BCUT2D eigenvalue weighted by Gasteiger charge is 2.28. The second kappa shape index (κ2) is 12.7. The van der Waals surface area contributed by atoms with E-state index in [0.717, 1.165) is 65.9 Å². The van der Waals surface area contributed by atoms with Gasteiger partial charge in [0.05, 0.1) is 29.6 Å². The third kappa shape index (κ3) is 6.41. The van der Waals surface area contributed by atoms with Crippen molar-refractivity contribution in [3.05, 3.63) is 95.7 Å². The van der Waals surface area contributed by atoms with E-state index in [1.54, 1.807) is 6.92 Å². The summed E-state index contributed by atoms with van der Waals surface area (Å²) in [5.41, 5.74) is 5.56. The van der Waals surface area contributed by atoms with E-state index in [2.05, 4.69) is 15.9 Å². The van der Waals surface area contributed by atoms with E-state index in [1.165, 1.54) is 0 Å². The van der Waals surface area contributed by atoms with Crippen LogP contribution in [-0.4, -0.2) is 76.0 Å². The Balaban J connectivity index is 1.15. The van der Waals surface area contributed by atoms with E-state index in [4.69, 9.17) is 9.84 Å². The quantitative estimate of drug-likeness (QED) is 0.334. The predicted molar refractivity (Wildman–Crippen MR) is 165 cm³/mol. The number of aliphatic hydroxyl groups excluding tert-OH is 1. The molecule has 0 spiro atoms. The van der Waals surface area contributed by atoms with Gasteiger partial charge in [0.1, 0.15) is 17.6 Å². The van der Waals surface area contributed by atoms with Crippen LogP contribution in [0.1, 0.15) is 23.7 Å². The molecule has 2 aliphatic heterocycles. The number of β-amino-alcohol motifs (C(OH)–C–C–N with tert-alkyl or cyclic N) is 1. The number of piperazine rings is 1. The summed E-state index contributed by atoms with van der Waals surface area (Å²) < 4.78 is 7.92. The number of carbonyl (C=O) groups excluding carboxylic acids is 1. The molecule has 3 heterocycles. The molecule has 1 atom stereocenters. The Hall–Kier alpha value is -4.65. The lowest BCUT2D eigenvalue weighted by atomic mass is 10.0. The van der Waals surface area contributed by atoms with Crippen LogP contribution < -0.4 is 9.64 Å². The molecular weight excluding hydrogens is 540 g/mol. The van der Waals surface area contributed by atoms with E-state index in [1.807, 2.05) is 88.4 Å². The van der Waals surface area contributed by atoms with Crippen LogP contribution in [0, 0.1) is 11.3 Å². The minimum atomic E-state index is -0.595. The smallest absolute Gasteiger partial charge is 0.219 e. The maximum Gasteiger partial charge on any atom is 0.219 e. The Morgan fingerprint density at radius 3 is 2.35 bits per heavy atom. The van der Waals surface area contributed by atoms with Crippen LogP contribution in [0.3, 0.4) is 0 Å². The highest BCUT2D eigenvalue weighted by Crippen LogP contribution is 2.32. The molecular formula is C34H36N6O3. The van der Waals surface area contributed by atoms with E-state index in [9.17, 15) is 15.2 Å². The fourth-order valence-electron chi connectivity index (χ4n) is 6.02. The molecule has 220 valence electrons. The van der Waals surface area contributed by atoms with Crippen LogP contribution in [0.15, 0.2) is 78.9 Å². The SMILES string of the molecule is CC(=O)N1CCc2c(c(-c3ccc(Oc4ccccc4)cc3)nn2CC(O)CN2CCN(c3ccccc3C#N)CC2)C1. The number of anilines is 1. The first kappa shape index (κ1) is 28.5. The van der Waals surface area contributed by atoms with Crippen molar-refractivity contribution in [2.45, 2.75) is 32.5 Å². The van der Waals surface area contributed by atoms with E-state index >= 15 is 0 Å². The van der Waals surface area contributed by atoms with E-state index in [0.29, 0.717) is 38.2 Å². The van der Waals surface area contributed by atoms with Crippen LogP contribution in [0.2, 0.25) is 0 Å². The van der Waals surface area contributed by atoms with Crippen molar-refractivity contribution in [1.82, 2.24) is 19.6 Å². The van der Waals surface area contributed by atoms with E-state index in [-0.39, 0.29) is 5.91 Å². The molecule has 0 saturated carbocycles. The fraction of sp³-hybridized carbons (Fsp3) is 0.324. The number of nitrogens with zero attached hydrogens (tertiary/aromatic N) is 6. The van der Waals surface area contributed by atoms with Crippen LogP contribution in [-0.2, 0) is 24.3 Å². The third-order valence-electron chi connectivity index (χ3n) is 8.28. The maximum atomic E-state index is 12.2. The van der Waals surface area contributed by atoms with Gasteiger partial charge in [0.25, 0.3) is 0 Å². The summed E-state index contributed by atoms with van der Waals surface area (Å²) in [5, 5.41) is 25.6. The summed E-state index contributed by atoms with van der Waals surface area (Å²) in [6.07, 6.45) is 0.100. The standard InChI is InChI=1S/C34H36N6O3/c1-25(41)39-16-15-33-31(24-39)34(26-11-13-30(14-12-26)43-29-8-3-2-4-9-29)36-40(33)23-28(42)22-37-17-19-38(20-18-37)32-10-6-5-7-27(32)21-35/h2-14,28,42H,15-20,22-24H2,1H3. The fourth-order valence-corrected chi connectivity index (χ4v) is 6.02. The number of aromatic nitrogens is 2. The molecule has 1 unspecified atom stereocenters. The predicted octanol–water partition coefficient (Wildman–Crippen LogP) is 4.30. The van der Waals surface area contributed by atoms with Gasteiger partial charge in [-0.15, -0.1) is 0 Å². The molecule has 9 nitrogen and oxygen atoms in total. The van der Waals surface area contributed by atoms with Gasteiger partial charge >= 0.3 is 0 Å². The van der Waals surface area contributed by atoms with Gasteiger partial charge in [-0.1, -0.05) is 30.3 Å². The van der Waals surface area contributed by atoms with Crippen LogP contribution in [0.5, 0.6) is 11.5 Å². The Labute approximate surface area is 252 Å². The number of ether oxygens (including phenoxy) is 1. The molecule has 0 aliphatic carbocycles. The van der Waals surface area contributed by atoms with Gasteiger partial charge in [-0.05, 0) is 48.5 Å². The number of para-hydroxylation sites is 2. The minimum absolute atomic E-state index is 0.0486. The van der Waals surface area contributed by atoms with Gasteiger partial charge in [-0.2, -0.15) is 10.4 Å². The van der Waals surface area contributed by atoms with E-state index < -0.39 is 6.10 Å². The first-order valence-corrected chi connectivity index (χ1v) is 14.8. The van der Waals surface area contributed by atoms with Crippen LogP contribution in [0.25, 0.3) is 11.3 Å². The van der Waals surface area contributed by atoms with Crippen molar-refractivity contribution in [3.8, 4) is 28.8 Å². The van der Waals surface area contributed by atoms with Crippen molar-refractivity contribution in [3.63, 3.8) is 0 Å². The Bertz CT molecular complexity index is 1600. The second-order valence-electron chi connectivity index (χ2n) is 11.2. The Morgan fingerprint density at radius 2 is 1.63 bits per heavy atom. The first-order valence-electron chi connectivity index (χ1n) is 14.8. The zero-order chi connectivity index (χ0) is 29.8. The molecule has 1 fully saturated rings. The van der Waals surface area contributed by atoms with Gasteiger partial charge in [0.15, 0.2) is 0 Å². The van der Waals surface area contributed by atoms with Crippen molar-refractivity contribution in [2.24, 2.45) is 0 Å². The number of fused-ring (bicyclic) bond motifs is 1. The Morgan fingerprint density at radius 1 is 0.930 bits per heavy atom. The monoisotopic (exact) mass is 576 g/mol. The van der Waals surface area contributed by atoms with Crippen molar-refractivity contribution in [2.75, 3.05) is 44.2 Å². The van der Waals surface area contributed by atoms with Crippen LogP contribution in [0.4, 0.5) is 5.69 Å². The number of nitriles is 1.